The predicted octanol–water partition coefficient (Wildman–Crippen LogP) is 3.82. The summed E-state index contributed by atoms with van der Waals surface area (Å²) in [7, 11) is 4.79. The van der Waals surface area contributed by atoms with E-state index in [4.69, 9.17) is 14.2 Å². The Hall–Kier alpha value is -1.91. The summed E-state index contributed by atoms with van der Waals surface area (Å²) in [5.41, 5.74) is 0.852. The Morgan fingerprint density at radius 2 is 1.50 bits per heavy atom. The SMILES string of the molecule is COc1ccc(CC(=O)N(C2CCC(C)CC2)C2CC2)c(OC)c1OC. The molecule has 2 fully saturated rings. The van der Waals surface area contributed by atoms with Crippen LogP contribution in [0.4, 0.5) is 0 Å². The first kappa shape index (κ1) is 18.9. The summed E-state index contributed by atoms with van der Waals surface area (Å²) in [5, 5.41) is 0. The number of methoxy groups -OCH3 is 3. The van der Waals surface area contributed by atoms with Crippen LogP contribution in [0.5, 0.6) is 17.2 Å². The van der Waals surface area contributed by atoms with Crippen LogP contribution >= 0.6 is 0 Å². The molecular formula is C21H31NO4. The molecule has 2 saturated carbocycles. The quantitative estimate of drug-likeness (QED) is 0.741. The molecule has 2 aliphatic rings. The number of hydrogen-bond acceptors (Lipinski definition) is 4. The first-order chi connectivity index (χ1) is 12.6. The summed E-state index contributed by atoms with van der Waals surface area (Å²) in [6.07, 6.45) is 7.33. The minimum atomic E-state index is 0.206. The van der Waals surface area contributed by atoms with E-state index in [9.17, 15) is 4.79 Å². The van der Waals surface area contributed by atoms with Crippen LogP contribution in [0, 0.1) is 5.92 Å². The predicted molar refractivity (Wildman–Crippen MR) is 101 cm³/mol. The molecule has 26 heavy (non-hydrogen) atoms. The fraction of sp³-hybridized carbons (Fsp3) is 0.667. The van der Waals surface area contributed by atoms with Gasteiger partial charge in [-0.25, -0.2) is 0 Å². The highest BCUT2D eigenvalue weighted by atomic mass is 16.5. The van der Waals surface area contributed by atoms with E-state index in [1.54, 1.807) is 21.3 Å². The highest BCUT2D eigenvalue weighted by Gasteiger charge is 2.38. The molecular weight excluding hydrogens is 330 g/mol. The van der Waals surface area contributed by atoms with Gasteiger partial charge >= 0.3 is 0 Å². The smallest absolute Gasteiger partial charge is 0.227 e. The maximum Gasteiger partial charge on any atom is 0.227 e. The van der Waals surface area contributed by atoms with Crippen molar-refractivity contribution in [2.24, 2.45) is 5.92 Å². The number of hydrogen-bond donors (Lipinski definition) is 0. The molecule has 0 radical (unpaired) electrons. The molecule has 0 aromatic heterocycles. The zero-order chi connectivity index (χ0) is 18.7. The van der Waals surface area contributed by atoms with Crippen molar-refractivity contribution in [3.05, 3.63) is 17.7 Å². The summed E-state index contributed by atoms with van der Waals surface area (Å²) in [6, 6.07) is 4.59. The Kier molecular flexibility index (Phi) is 5.94. The van der Waals surface area contributed by atoms with Gasteiger partial charge in [-0.15, -0.1) is 0 Å². The van der Waals surface area contributed by atoms with Crippen molar-refractivity contribution in [3.63, 3.8) is 0 Å². The molecule has 0 N–H and O–H groups in total. The molecule has 0 atom stereocenters. The Labute approximate surface area is 156 Å². The molecule has 1 aromatic carbocycles. The molecule has 1 aromatic rings. The number of ether oxygens (including phenoxy) is 3. The second-order valence-corrected chi connectivity index (χ2v) is 7.62. The summed E-state index contributed by atoms with van der Waals surface area (Å²) in [4.78, 5) is 15.4. The van der Waals surface area contributed by atoms with Crippen molar-refractivity contribution in [1.29, 1.82) is 0 Å². The van der Waals surface area contributed by atoms with Gasteiger partial charge in [-0.2, -0.15) is 0 Å². The van der Waals surface area contributed by atoms with E-state index in [0.29, 0.717) is 35.8 Å². The van der Waals surface area contributed by atoms with Gasteiger partial charge in [0, 0.05) is 17.6 Å². The van der Waals surface area contributed by atoms with Gasteiger partial charge in [0.05, 0.1) is 27.8 Å². The summed E-state index contributed by atoms with van der Waals surface area (Å²) < 4.78 is 16.3. The number of carbonyl (C=O) groups excluding carboxylic acids is 1. The third kappa shape index (κ3) is 3.92. The molecule has 0 aliphatic heterocycles. The summed E-state index contributed by atoms with van der Waals surface area (Å²) >= 11 is 0. The van der Waals surface area contributed by atoms with Crippen LogP contribution in [0.2, 0.25) is 0 Å². The van der Waals surface area contributed by atoms with Crippen molar-refractivity contribution in [2.45, 2.75) is 64.0 Å². The number of nitrogens with zero attached hydrogens (tertiary/aromatic N) is 1. The van der Waals surface area contributed by atoms with Crippen molar-refractivity contribution in [2.75, 3.05) is 21.3 Å². The third-order valence-electron chi connectivity index (χ3n) is 5.73. The lowest BCUT2D eigenvalue weighted by molar-refractivity contribution is -0.134. The van der Waals surface area contributed by atoms with Gasteiger partial charge in [0.15, 0.2) is 11.5 Å². The minimum absolute atomic E-state index is 0.206. The largest absolute Gasteiger partial charge is 0.493 e. The van der Waals surface area contributed by atoms with Gasteiger partial charge in [0.1, 0.15) is 0 Å². The number of benzene rings is 1. The van der Waals surface area contributed by atoms with Gasteiger partial charge in [-0.3, -0.25) is 4.79 Å². The molecule has 5 nitrogen and oxygen atoms in total. The number of amides is 1. The lowest BCUT2D eigenvalue weighted by atomic mass is 9.86. The molecule has 5 heteroatoms. The zero-order valence-electron chi connectivity index (χ0n) is 16.4. The lowest BCUT2D eigenvalue weighted by Gasteiger charge is -2.36. The second kappa shape index (κ2) is 8.19. The normalized spacial score (nSPS) is 22.6. The van der Waals surface area contributed by atoms with Crippen LogP contribution in [-0.2, 0) is 11.2 Å². The first-order valence-corrected chi connectivity index (χ1v) is 9.68. The molecule has 0 unspecified atom stereocenters. The van der Waals surface area contributed by atoms with Crippen LogP contribution in [-0.4, -0.2) is 44.2 Å². The second-order valence-electron chi connectivity index (χ2n) is 7.62. The topological polar surface area (TPSA) is 48.0 Å². The molecule has 2 aliphatic carbocycles. The van der Waals surface area contributed by atoms with Gasteiger partial charge in [-0.1, -0.05) is 13.0 Å². The standard InChI is InChI=1S/C21H31NO4/c1-14-5-8-16(9-6-14)22(17-10-11-17)19(23)13-15-7-12-18(24-2)21(26-4)20(15)25-3/h7,12,14,16-17H,5-6,8-11,13H2,1-4H3. The maximum absolute atomic E-state index is 13.2. The third-order valence-corrected chi connectivity index (χ3v) is 5.73. The molecule has 144 valence electrons. The Balaban J connectivity index is 1.79. The molecule has 0 bridgehead atoms. The van der Waals surface area contributed by atoms with E-state index in [2.05, 4.69) is 11.8 Å². The van der Waals surface area contributed by atoms with Gasteiger partial charge in [0.25, 0.3) is 0 Å². The van der Waals surface area contributed by atoms with Gasteiger partial charge in [0.2, 0.25) is 11.7 Å². The monoisotopic (exact) mass is 361 g/mol. The van der Waals surface area contributed by atoms with Crippen molar-refractivity contribution < 1.29 is 19.0 Å². The van der Waals surface area contributed by atoms with E-state index in [0.717, 1.165) is 37.2 Å². The fourth-order valence-electron chi connectivity index (χ4n) is 4.14. The number of carbonyl (C=O) groups is 1. The van der Waals surface area contributed by atoms with E-state index >= 15 is 0 Å². The number of rotatable bonds is 7. The molecule has 1 amide bonds. The van der Waals surface area contributed by atoms with Crippen LogP contribution in [0.15, 0.2) is 12.1 Å². The highest BCUT2D eigenvalue weighted by molar-refractivity contribution is 5.81. The van der Waals surface area contributed by atoms with Gasteiger partial charge in [-0.05, 0) is 50.5 Å². The van der Waals surface area contributed by atoms with Crippen molar-refractivity contribution in [3.8, 4) is 17.2 Å². The fourth-order valence-corrected chi connectivity index (χ4v) is 4.14. The Bertz CT molecular complexity index is 633. The van der Waals surface area contributed by atoms with E-state index < -0.39 is 0 Å². The van der Waals surface area contributed by atoms with E-state index in [-0.39, 0.29) is 5.91 Å². The van der Waals surface area contributed by atoms with Crippen LogP contribution in [0.3, 0.4) is 0 Å². The van der Waals surface area contributed by atoms with Gasteiger partial charge < -0.3 is 19.1 Å². The molecule has 0 saturated heterocycles. The van der Waals surface area contributed by atoms with Crippen LogP contribution in [0.1, 0.15) is 51.0 Å². The lowest BCUT2D eigenvalue weighted by Crippen LogP contribution is -2.44. The summed E-state index contributed by atoms with van der Waals surface area (Å²) in [5.74, 6) is 2.74. The Morgan fingerprint density at radius 1 is 0.923 bits per heavy atom. The van der Waals surface area contributed by atoms with Crippen molar-refractivity contribution >= 4 is 5.91 Å². The molecule has 3 rings (SSSR count). The zero-order valence-corrected chi connectivity index (χ0v) is 16.4. The summed E-state index contributed by atoms with van der Waals surface area (Å²) in [6.45, 7) is 2.31. The Morgan fingerprint density at radius 3 is 2.00 bits per heavy atom. The minimum Gasteiger partial charge on any atom is -0.493 e. The van der Waals surface area contributed by atoms with Crippen LogP contribution in [0.25, 0.3) is 0 Å². The van der Waals surface area contributed by atoms with E-state index in [1.807, 2.05) is 12.1 Å². The van der Waals surface area contributed by atoms with Crippen LogP contribution < -0.4 is 14.2 Å². The average molecular weight is 361 g/mol. The van der Waals surface area contributed by atoms with Crippen molar-refractivity contribution in [1.82, 2.24) is 4.90 Å². The first-order valence-electron chi connectivity index (χ1n) is 9.68. The molecule has 0 spiro atoms. The average Bonchev–Trinajstić information content (AvgIpc) is 3.47. The molecule has 0 heterocycles. The highest BCUT2D eigenvalue weighted by Crippen LogP contribution is 2.41. The van der Waals surface area contributed by atoms with E-state index in [1.165, 1.54) is 12.8 Å². The maximum atomic E-state index is 13.2.